The molecule has 2 aromatic carbocycles. The van der Waals surface area contributed by atoms with Crippen LogP contribution in [0.1, 0.15) is 25.3 Å². The number of nitrogens with one attached hydrogen (secondary N) is 1. The van der Waals surface area contributed by atoms with Crippen LogP contribution in [-0.2, 0) is 10.3 Å². The lowest BCUT2D eigenvalue weighted by atomic mass is 9.84. The van der Waals surface area contributed by atoms with Crippen LogP contribution in [0.4, 0.5) is 5.69 Å². The summed E-state index contributed by atoms with van der Waals surface area (Å²) in [6.07, 6.45) is 1.49. The molecule has 0 aliphatic carbocycles. The molecule has 1 atom stereocenters. The standard InChI is InChI=1S/C17H19BrN2O/c1-2-12-17(16(19)21,13-6-4-3-5-7-13)20-15-10-8-14(18)9-11-15/h3-11,20H,2,12H2,1H3,(H2,19,21). The number of amides is 1. The molecule has 2 rings (SSSR count). The normalized spacial score (nSPS) is 13.4. The molecular formula is C17H19BrN2O. The van der Waals surface area contributed by atoms with Crippen molar-refractivity contribution in [1.82, 2.24) is 0 Å². The Balaban J connectivity index is 2.44. The highest BCUT2D eigenvalue weighted by atomic mass is 79.9. The van der Waals surface area contributed by atoms with Crippen molar-refractivity contribution in [3.05, 3.63) is 64.6 Å². The average molecular weight is 347 g/mol. The average Bonchev–Trinajstić information content (AvgIpc) is 2.49. The predicted molar refractivity (Wildman–Crippen MR) is 90.0 cm³/mol. The maximum absolute atomic E-state index is 12.2. The van der Waals surface area contributed by atoms with Crippen molar-refractivity contribution in [2.45, 2.75) is 25.3 Å². The number of nitrogens with two attached hydrogens (primary N) is 1. The molecule has 1 amide bonds. The lowest BCUT2D eigenvalue weighted by molar-refractivity contribution is -0.122. The van der Waals surface area contributed by atoms with Crippen LogP contribution < -0.4 is 11.1 Å². The molecule has 0 spiro atoms. The van der Waals surface area contributed by atoms with Gasteiger partial charge in [-0.25, -0.2) is 0 Å². The first kappa shape index (κ1) is 15.6. The third-order valence-electron chi connectivity index (χ3n) is 3.51. The zero-order valence-electron chi connectivity index (χ0n) is 12.0. The second-order valence-corrected chi connectivity index (χ2v) is 5.93. The fraction of sp³-hybridized carbons (Fsp3) is 0.235. The van der Waals surface area contributed by atoms with Gasteiger partial charge in [-0.3, -0.25) is 4.79 Å². The summed E-state index contributed by atoms with van der Waals surface area (Å²) in [7, 11) is 0. The Hall–Kier alpha value is -1.81. The second kappa shape index (κ2) is 6.76. The molecule has 0 aromatic heterocycles. The van der Waals surface area contributed by atoms with Crippen LogP contribution in [-0.4, -0.2) is 5.91 Å². The minimum Gasteiger partial charge on any atom is -0.368 e. The molecule has 2 aromatic rings. The van der Waals surface area contributed by atoms with Crippen molar-refractivity contribution in [2.24, 2.45) is 5.73 Å². The highest BCUT2D eigenvalue weighted by molar-refractivity contribution is 9.10. The highest BCUT2D eigenvalue weighted by Crippen LogP contribution is 2.31. The molecule has 21 heavy (non-hydrogen) atoms. The summed E-state index contributed by atoms with van der Waals surface area (Å²) < 4.78 is 0.993. The molecule has 3 N–H and O–H groups in total. The summed E-state index contributed by atoms with van der Waals surface area (Å²) in [5.41, 5.74) is 6.63. The van der Waals surface area contributed by atoms with Gasteiger partial charge >= 0.3 is 0 Å². The Kier molecular flexibility index (Phi) is 5.02. The molecule has 4 heteroatoms. The first-order valence-corrected chi connectivity index (χ1v) is 7.77. The Morgan fingerprint density at radius 2 is 1.76 bits per heavy atom. The van der Waals surface area contributed by atoms with Gasteiger partial charge in [-0.05, 0) is 36.2 Å². The number of halogens is 1. The van der Waals surface area contributed by atoms with Gasteiger partial charge in [0, 0.05) is 10.2 Å². The monoisotopic (exact) mass is 346 g/mol. The van der Waals surface area contributed by atoms with Crippen molar-refractivity contribution < 1.29 is 4.79 Å². The number of carbonyl (C=O) groups is 1. The fourth-order valence-electron chi connectivity index (χ4n) is 2.48. The molecule has 1 unspecified atom stereocenters. The SMILES string of the molecule is CCCC(Nc1ccc(Br)cc1)(C(N)=O)c1ccccc1. The number of hydrogen-bond donors (Lipinski definition) is 2. The quantitative estimate of drug-likeness (QED) is 0.829. The van der Waals surface area contributed by atoms with Crippen LogP contribution in [0.15, 0.2) is 59.1 Å². The van der Waals surface area contributed by atoms with Gasteiger partial charge in [-0.15, -0.1) is 0 Å². The van der Waals surface area contributed by atoms with Gasteiger partial charge in [0.1, 0.15) is 5.54 Å². The van der Waals surface area contributed by atoms with Gasteiger partial charge in [-0.2, -0.15) is 0 Å². The van der Waals surface area contributed by atoms with E-state index in [0.717, 1.165) is 22.1 Å². The first-order valence-electron chi connectivity index (χ1n) is 6.97. The lowest BCUT2D eigenvalue weighted by Crippen LogP contribution is -2.47. The van der Waals surface area contributed by atoms with E-state index >= 15 is 0 Å². The van der Waals surface area contributed by atoms with E-state index in [-0.39, 0.29) is 5.91 Å². The van der Waals surface area contributed by atoms with Crippen molar-refractivity contribution in [3.63, 3.8) is 0 Å². The molecule has 0 saturated heterocycles. The highest BCUT2D eigenvalue weighted by Gasteiger charge is 2.37. The van der Waals surface area contributed by atoms with Crippen molar-refractivity contribution >= 4 is 27.5 Å². The molecule has 0 aliphatic rings. The summed E-state index contributed by atoms with van der Waals surface area (Å²) in [5, 5.41) is 3.34. The third kappa shape index (κ3) is 3.45. The molecule has 110 valence electrons. The van der Waals surface area contributed by atoms with E-state index in [2.05, 4.69) is 21.2 Å². The first-order chi connectivity index (χ1) is 10.1. The molecule has 0 saturated carbocycles. The Morgan fingerprint density at radius 3 is 2.29 bits per heavy atom. The van der Waals surface area contributed by atoms with Crippen LogP contribution in [0.25, 0.3) is 0 Å². The van der Waals surface area contributed by atoms with E-state index in [1.165, 1.54) is 0 Å². The number of hydrogen-bond acceptors (Lipinski definition) is 2. The van der Waals surface area contributed by atoms with Crippen molar-refractivity contribution in [3.8, 4) is 0 Å². The Morgan fingerprint density at radius 1 is 1.14 bits per heavy atom. The van der Waals surface area contributed by atoms with E-state index in [4.69, 9.17) is 5.73 Å². The van der Waals surface area contributed by atoms with Gasteiger partial charge in [0.2, 0.25) is 5.91 Å². The minimum atomic E-state index is -0.885. The van der Waals surface area contributed by atoms with E-state index in [1.807, 2.05) is 61.5 Å². The topological polar surface area (TPSA) is 55.1 Å². The molecule has 0 bridgehead atoms. The van der Waals surface area contributed by atoms with E-state index in [0.29, 0.717) is 6.42 Å². The zero-order chi connectivity index (χ0) is 15.3. The zero-order valence-corrected chi connectivity index (χ0v) is 13.6. The van der Waals surface area contributed by atoms with Gasteiger partial charge in [0.25, 0.3) is 0 Å². The summed E-state index contributed by atoms with van der Waals surface area (Å²) in [6, 6.07) is 17.4. The smallest absolute Gasteiger partial charge is 0.247 e. The number of anilines is 1. The van der Waals surface area contributed by atoms with Crippen molar-refractivity contribution in [2.75, 3.05) is 5.32 Å². The Labute approximate surface area is 133 Å². The molecule has 0 aliphatic heterocycles. The van der Waals surface area contributed by atoms with Crippen LogP contribution in [0.3, 0.4) is 0 Å². The molecule has 0 fully saturated rings. The van der Waals surface area contributed by atoms with Crippen LogP contribution in [0, 0.1) is 0 Å². The van der Waals surface area contributed by atoms with Crippen molar-refractivity contribution in [1.29, 1.82) is 0 Å². The summed E-state index contributed by atoms with van der Waals surface area (Å²) in [4.78, 5) is 12.2. The van der Waals surface area contributed by atoms with E-state index < -0.39 is 5.54 Å². The second-order valence-electron chi connectivity index (χ2n) is 5.02. The molecule has 0 radical (unpaired) electrons. The Bertz CT molecular complexity index is 598. The van der Waals surface area contributed by atoms with E-state index in [9.17, 15) is 4.79 Å². The maximum atomic E-state index is 12.2. The third-order valence-corrected chi connectivity index (χ3v) is 4.04. The number of rotatable bonds is 6. The van der Waals surface area contributed by atoms with Gasteiger partial charge < -0.3 is 11.1 Å². The van der Waals surface area contributed by atoms with E-state index in [1.54, 1.807) is 0 Å². The number of carbonyl (C=O) groups excluding carboxylic acids is 1. The summed E-state index contributed by atoms with van der Waals surface area (Å²) >= 11 is 3.41. The molecule has 3 nitrogen and oxygen atoms in total. The minimum absolute atomic E-state index is 0.363. The lowest BCUT2D eigenvalue weighted by Gasteiger charge is -2.33. The van der Waals surface area contributed by atoms with Crippen LogP contribution >= 0.6 is 15.9 Å². The fourth-order valence-corrected chi connectivity index (χ4v) is 2.75. The summed E-state index contributed by atoms with van der Waals surface area (Å²) in [6.45, 7) is 2.05. The van der Waals surface area contributed by atoms with Gasteiger partial charge in [0.05, 0.1) is 0 Å². The molecule has 0 heterocycles. The van der Waals surface area contributed by atoms with Gasteiger partial charge in [0.15, 0.2) is 0 Å². The largest absolute Gasteiger partial charge is 0.368 e. The van der Waals surface area contributed by atoms with Gasteiger partial charge in [-0.1, -0.05) is 59.6 Å². The number of benzene rings is 2. The molecular weight excluding hydrogens is 328 g/mol. The van der Waals surface area contributed by atoms with Crippen LogP contribution in [0.5, 0.6) is 0 Å². The maximum Gasteiger partial charge on any atom is 0.247 e. The summed E-state index contributed by atoms with van der Waals surface area (Å²) in [5.74, 6) is -0.363. The number of primary amides is 1. The van der Waals surface area contributed by atoms with Crippen LogP contribution in [0.2, 0.25) is 0 Å². The predicted octanol–water partition coefficient (Wildman–Crippen LogP) is 4.04.